The number of nitrogens with one attached hydrogen (secondary N) is 1. The summed E-state index contributed by atoms with van der Waals surface area (Å²) in [5.74, 6) is -0.571. The molecule has 2 rings (SSSR count). The number of anilines is 1. The normalized spacial score (nSPS) is 12.1. The number of rotatable bonds is 12. The van der Waals surface area contributed by atoms with Crippen LogP contribution in [0, 0.1) is 0 Å². The van der Waals surface area contributed by atoms with Gasteiger partial charge in [0, 0.05) is 24.2 Å². The first kappa shape index (κ1) is 26.4. The molecule has 0 saturated carbocycles. The number of amides is 1. The van der Waals surface area contributed by atoms with Crippen LogP contribution in [-0.2, 0) is 20.8 Å². The number of benzene rings is 1. The van der Waals surface area contributed by atoms with E-state index in [9.17, 15) is 9.59 Å². The molecular formula is C27H39N2O4+. The number of hydrogen-bond acceptors (Lipinski definition) is 4. The van der Waals surface area contributed by atoms with E-state index in [4.69, 9.17) is 9.47 Å². The number of esters is 1. The summed E-state index contributed by atoms with van der Waals surface area (Å²) in [7, 11) is 0. The number of aromatic nitrogens is 1. The third kappa shape index (κ3) is 11.0. The van der Waals surface area contributed by atoms with Gasteiger partial charge in [-0.05, 0) is 58.2 Å². The van der Waals surface area contributed by atoms with Crippen molar-refractivity contribution in [3.8, 4) is 0 Å². The minimum absolute atomic E-state index is 0.220. The molecule has 180 valence electrons. The van der Waals surface area contributed by atoms with Gasteiger partial charge in [-0.15, -0.1) is 0 Å². The van der Waals surface area contributed by atoms with Crippen LogP contribution in [-0.4, -0.2) is 24.3 Å². The number of pyridine rings is 1. The fourth-order valence-electron chi connectivity index (χ4n) is 3.40. The summed E-state index contributed by atoms with van der Waals surface area (Å²) in [6.45, 7) is 8.80. The lowest BCUT2D eigenvalue weighted by atomic mass is 10.0. The van der Waals surface area contributed by atoms with E-state index in [-0.39, 0.29) is 11.9 Å². The highest BCUT2D eigenvalue weighted by molar-refractivity contribution is 5.85. The molecule has 0 aliphatic carbocycles. The van der Waals surface area contributed by atoms with Gasteiger partial charge in [0.05, 0.1) is 12.5 Å². The first-order valence-corrected chi connectivity index (χ1v) is 12.0. The van der Waals surface area contributed by atoms with Crippen LogP contribution in [0.2, 0.25) is 0 Å². The van der Waals surface area contributed by atoms with Gasteiger partial charge in [0.25, 0.3) is 0 Å². The number of carbonyl (C=O) groups excluding carboxylic acids is 2. The SMILES string of the molecule is CC(C(=O)OCCCCCCCC[n+]1ccccc1)c1ccc(NC(=O)OC(C)(C)C)cc1. The summed E-state index contributed by atoms with van der Waals surface area (Å²) >= 11 is 0. The average Bonchev–Trinajstić information content (AvgIpc) is 2.77. The summed E-state index contributed by atoms with van der Waals surface area (Å²) < 4.78 is 12.9. The standard InChI is InChI=1S/C27H38N2O4/c1-22(23-14-16-24(17-15-23)28-26(31)33-27(2,3)4)25(30)32-21-13-8-6-5-7-10-18-29-19-11-9-12-20-29/h9,11-12,14-17,19-20,22H,5-8,10,13,18,21H2,1-4H3/p+1. The van der Waals surface area contributed by atoms with Crippen LogP contribution in [0.3, 0.4) is 0 Å². The van der Waals surface area contributed by atoms with Crippen LogP contribution >= 0.6 is 0 Å². The zero-order valence-corrected chi connectivity index (χ0v) is 20.5. The van der Waals surface area contributed by atoms with Gasteiger partial charge in [-0.2, -0.15) is 0 Å². The predicted octanol–water partition coefficient (Wildman–Crippen LogP) is 6.01. The van der Waals surface area contributed by atoms with Crippen molar-refractivity contribution < 1.29 is 23.6 Å². The molecule has 1 aromatic carbocycles. The zero-order valence-electron chi connectivity index (χ0n) is 20.5. The lowest BCUT2D eigenvalue weighted by Gasteiger charge is -2.19. The largest absolute Gasteiger partial charge is 0.465 e. The fraction of sp³-hybridized carbons (Fsp3) is 0.519. The monoisotopic (exact) mass is 455 g/mol. The van der Waals surface area contributed by atoms with E-state index < -0.39 is 11.7 Å². The Morgan fingerprint density at radius 2 is 1.52 bits per heavy atom. The molecule has 1 N–H and O–H groups in total. The van der Waals surface area contributed by atoms with E-state index in [1.165, 1.54) is 25.7 Å². The maximum absolute atomic E-state index is 12.4. The molecule has 33 heavy (non-hydrogen) atoms. The highest BCUT2D eigenvalue weighted by atomic mass is 16.6. The Morgan fingerprint density at radius 3 is 2.15 bits per heavy atom. The van der Waals surface area contributed by atoms with E-state index in [2.05, 4.69) is 34.4 Å². The van der Waals surface area contributed by atoms with Gasteiger partial charge in [-0.3, -0.25) is 10.1 Å². The van der Waals surface area contributed by atoms with E-state index >= 15 is 0 Å². The maximum Gasteiger partial charge on any atom is 0.412 e. The summed E-state index contributed by atoms with van der Waals surface area (Å²) in [4.78, 5) is 24.2. The highest BCUT2D eigenvalue weighted by Gasteiger charge is 2.18. The lowest BCUT2D eigenvalue weighted by molar-refractivity contribution is -0.697. The lowest BCUT2D eigenvalue weighted by Crippen LogP contribution is -2.32. The second kappa shape index (κ2) is 13.6. The number of carbonyl (C=O) groups is 2. The smallest absolute Gasteiger partial charge is 0.412 e. The van der Waals surface area contributed by atoms with Crippen LogP contribution in [0.5, 0.6) is 0 Å². The Kier molecular flexibility index (Phi) is 10.9. The molecule has 0 saturated heterocycles. The third-order valence-electron chi connectivity index (χ3n) is 5.24. The minimum Gasteiger partial charge on any atom is -0.465 e. The van der Waals surface area contributed by atoms with Gasteiger partial charge in [-0.25, -0.2) is 9.36 Å². The van der Waals surface area contributed by atoms with Crippen LogP contribution in [0.1, 0.15) is 77.7 Å². The number of ether oxygens (including phenoxy) is 2. The molecular weight excluding hydrogens is 416 g/mol. The van der Waals surface area contributed by atoms with Crippen molar-refractivity contribution in [2.24, 2.45) is 0 Å². The van der Waals surface area contributed by atoms with E-state index in [1.54, 1.807) is 12.1 Å². The Morgan fingerprint density at radius 1 is 0.909 bits per heavy atom. The Hall–Kier alpha value is -2.89. The topological polar surface area (TPSA) is 68.5 Å². The Bertz CT molecular complexity index is 845. The van der Waals surface area contributed by atoms with Crippen molar-refractivity contribution in [1.82, 2.24) is 0 Å². The highest BCUT2D eigenvalue weighted by Crippen LogP contribution is 2.20. The van der Waals surface area contributed by atoms with Crippen molar-refractivity contribution in [1.29, 1.82) is 0 Å². The number of unbranched alkanes of at least 4 members (excludes halogenated alkanes) is 5. The molecule has 6 heteroatoms. The van der Waals surface area contributed by atoms with E-state index in [0.29, 0.717) is 12.3 Å². The molecule has 0 radical (unpaired) electrons. The first-order chi connectivity index (χ1) is 15.7. The predicted molar refractivity (Wildman–Crippen MR) is 130 cm³/mol. The molecule has 0 aliphatic rings. The van der Waals surface area contributed by atoms with Crippen molar-refractivity contribution >= 4 is 17.7 Å². The summed E-state index contributed by atoms with van der Waals surface area (Å²) in [6.07, 6.45) is 10.5. The van der Waals surface area contributed by atoms with Gasteiger partial charge in [0.15, 0.2) is 12.4 Å². The Balaban J connectivity index is 1.57. The molecule has 1 amide bonds. The number of nitrogens with zero attached hydrogens (tertiary/aromatic N) is 1. The number of aryl methyl sites for hydroxylation is 1. The minimum atomic E-state index is -0.552. The quantitative estimate of drug-likeness (QED) is 0.242. The Labute approximate surface area is 198 Å². The second-order valence-corrected chi connectivity index (χ2v) is 9.37. The maximum atomic E-state index is 12.4. The molecule has 1 aromatic heterocycles. The molecule has 6 nitrogen and oxygen atoms in total. The van der Waals surface area contributed by atoms with E-state index in [1.807, 2.05) is 45.9 Å². The van der Waals surface area contributed by atoms with Gasteiger partial charge in [-0.1, -0.05) is 37.5 Å². The summed E-state index contributed by atoms with van der Waals surface area (Å²) in [6, 6.07) is 13.3. The molecule has 0 spiro atoms. The third-order valence-corrected chi connectivity index (χ3v) is 5.24. The summed E-state index contributed by atoms with van der Waals surface area (Å²) in [5, 5.41) is 2.69. The van der Waals surface area contributed by atoms with Crippen molar-refractivity contribution in [3.63, 3.8) is 0 Å². The van der Waals surface area contributed by atoms with Gasteiger partial charge >= 0.3 is 12.1 Å². The fourth-order valence-corrected chi connectivity index (χ4v) is 3.40. The molecule has 1 atom stereocenters. The first-order valence-electron chi connectivity index (χ1n) is 12.0. The van der Waals surface area contributed by atoms with Crippen LogP contribution in [0.15, 0.2) is 54.9 Å². The van der Waals surface area contributed by atoms with Crippen molar-refractivity contribution in [2.45, 2.75) is 84.3 Å². The molecule has 0 aliphatic heterocycles. The molecule has 0 fully saturated rings. The van der Waals surface area contributed by atoms with Gasteiger partial charge in [0.2, 0.25) is 0 Å². The average molecular weight is 456 g/mol. The van der Waals surface area contributed by atoms with Crippen molar-refractivity contribution in [3.05, 3.63) is 60.4 Å². The molecule has 1 unspecified atom stereocenters. The molecule has 2 aromatic rings. The van der Waals surface area contributed by atoms with Gasteiger partial charge in [0.1, 0.15) is 12.1 Å². The zero-order chi connectivity index (χ0) is 24.1. The van der Waals surface area contributed by atoms with Gasteiger partial charge < -0.3 is 9.47 Å². The van der Waals surface area contributed by atoms with Crippen LogP contribution in [0.4, 0.5) is 10.5 Å². The molecule has 0 bridgehead atoms. The van der Waals surface area contributed by atoms with Crippen LogP contribution in [0.25, 0.3) is 0 Å². The van der Waals surface area contributed by atoms with E-state index in [0.717, 1.165) is 24.9 Å². The summed E-state index contributed by atoms with van der Waals surface area (Å²) in [5.41, 5.74) is 0.922. The number of hydrogen-bond donors (Lipinski definition) is 1. The van der Waals surface area contributed by atoms with Crippen LogP contribution < -0.4 is 9.88 Å². The van der Waals surface area contributed by atoms with Crippen molar-refractivity contribution in [2.75, 3.05) is 11.9 Å². The molecule has 1 heterocycles. The second-order valence-electron chi connectivity index (χ2n) is 9.37.